The van der Waals surface area contributed by atoms with Crippen molar-refractivity contribution in [3.8, 4) is 0 Å². The Morgan fingerprint density at radius 1 is 1.35 bits per heavy atom. The van der Waals surface area contributed by atoms with Crippen molar-refractivity contribution in [2.75, 3.05) is 33.0 Å². The number of rotatable bonds is 9. The molecule has 1 aliphatic rings. The van der Waals surface area contributed by atoms with Crippen molar-refractivity contribution in [1.82, 2.24) is 4.90 Å². The molecule has 5 heteroatoms. The zero-order chi connectivity index (χ0) is 12.5. The fraction of sp³-hybridized carbons (Fsp3) is 0.917. The lowest BCUT2D eigenvalue weighted by atomic mass is 10.4. The van der Waals surface area contributed by atoms with E-state index >= 15 is 0 Å². The highest BCUT2D eigenvalue weighted by molar-refractivity contribution is 5.78. The molecule has 0 saturated carbocycles. The number of amides is 1. The van der Waals surface area contributed by atoms with Crippen LogP contribution in [0.4, 0.5) is 0 Å². The molecule has 1 amide bonds. The SMILES string of the molecule is CC(OCCCOCCCO)N1CCCC1=O. The highest BCUT2D eigenvalue weighted by Crippen LogP contribution is 2.14. The minimum atomic E-state index is -0.123. The molecule has 1 saturated heterocycles. The molecule has 100 valence electrons. The fourth-order valence-electron chi connectivity index (χ4n) is 1.83. The van der Waals surface area contributed by atoms with Crippen molar-refractivity contribution in [3.63, 3.8) is 0 Å². The second-order valence-electron chi connectivity index (χ2n) is 4.20. The van der Waals surface area contributed by atoms with E-state index in [1.807, 2.05) is 6.92 Å². The normalized spacial score (nSPS) is 17.8. The van der Waals surface area contributed by atoms with Gasteiger partial charge in [-0.15, -0.1) is 0 Å². The lowest BCUT2D eigenvalue weighted by Crippen LogP contribution is -2.36. The van der Waals surface area contributed by atoms with Crippen LogP contribution < -0.4 is 0 Å². The van der Waals surface area contributed by atoms with E-state index in [2.05, 4.69) is 0 Å². The van der Waals surface area contributed by atoms with Gasteiger partial charge in [0, 0.05) is 32.8 Å². The summed E-state index contributed by atoms with van der Waals surface area (Å²) < 4.78 is 10.9. The van der Waals surface area contributed by atoms with E-state index in [1.165, 1.54) is 0 Å². The van der Waals surface area contributed by atoms with Crippen molar-refractivity contribution in [2.24, 2.45) is 0 Å². The molecular weight excluding hydrogens is 222 g/mol. The number of ether oxygens (including phenoxy) is 2. The third-order valence-electron chi connectivity index (χ3n) is 2.79. The summed E-state index contributed by atoms with van der Waals surface area (Å²) in [5, 5.41) is 8.55. The van der Waals surface area contributed by atoms with Crippen LogP contribution in [-0.4, -0.2) is 55.1 Å². The molecule has 0 aromatic carbocycles. The standard InChI is InChI=1S/C12H23NO4/c1-11(13-6-2-5-12(13)15)17-10-4-9-16-8-3-7-14/h11,14H,2-10H2,1H3. The van der Waals surface area contributed by atoms with Crippen LogP contribution in [0, 0.1) is 0 Å². The Balaban J connectivity index is 1.96. The van der Waals surface area contributed by atoms with Gasteiger partial charge in [0.25, 0.3) is 0 Å². The Morgan fingerprint density at radius 2 is 2.12 bits per heavy atom. The predicted molar refractivity (Wildman–Crippen MR) is 63.5 cm³/mol. The van der Waals surface area contributed by atoms with E-state index in [9.17, 15) is 4.79 Å². The van der Waals surface area contributed by atoms with Gasteiger partial charge in [-0.3, -0.25) is 4.79 Å². The van der Waals surface area contributed by atoms with Gasteiger partial charge in [0.15, 0.2) is 0 Å². The first-order valence-electron chi connectivity index (χ1n) is 6.35. The number of nitrogens with zero attached hydrogens (tertiary/aromatic N) is 1. The van der Waals surface area contributed by atoms with Crippen molar-refractivity contribution >= 4 is 5.91 Å². The van der Waals surface area contributed by atoms with Crippen LogP contribution in [0.1, 0.15) is 32.6 Å². The van der Waals surface area contributed by atoms with Crippen LogP contribution in [0.5, 0.6) is 0 Å². The van der Waals surface area contributed by atoms with Gasteiger partial charge < -0.3 is 19.5 Å². The van der Waals surface area contributed by atoms with E-state index in [0.29, 0.717) is 32.7 Å². The molecular formula is C12H23NO4. The van der Waals surface area contributed by atoms with Crippen LogP contribution in [0.2, 0.25) is 0 Å². The van der Waals surface area contributed by atoms with Gasteiger partial charge in [0.05, 0.1) is 6.61 Å². The maximum Gasteiger partial charge on any atom is 0.224 e. The molecule has 1 fully saturated rings. The number of hydrogen-bond donors (Lipinski definition) is 1. The molecule has 0 aromatic rings. The van der Waals surface area contributed by atoms with Crippen LogP contribution >= 0.6 is 0 Å². The molecule has 0 spiro atoms. The number of likely N-dealkylation sites (tertiary alicyclic amines) is 1. The first-order chi connectivity index (χ1) is 8.25. The molecule has 17 heavy (non-hydrogen) atoms. The van der Waals surface area contributed by atoms with Gasteiger partial charge in [0.2, 0.25) is 5.91 Å². The number of hydrogen-bond acceptors (Lipinski definition) is 4. The average Bonchev–Trinajstić information content (AvgIpc) is 2.74. The molecule has 1 unspecified atom stereocenters. The third-order valence-corrected chi connectivity index (χ3v) is 2.79. The molecule has 0 aromatic heterocycles. The third kappa shape index (κ3) is 5.48. The van der Waals surface area contributed by atoms with Gasteiger partial charge in [0.1, 0.15) is 6.23 Å². The highest BCUT2D eigenvalue weighted by Gasteiger charge is 2.24. The summed E-state index contributed by atoms with van der Waals surface area (Å²) in [6.45, 7) is 4.73. The smallest absolute Gasteiger partial charge is 0.224 e. The number of carbonyl (C=O) groups is 1. The lowest BCUT2D eigenvalue weighted by Gasteiger charge is -2.24. The van der Waals surface area contributed by atoms with E-state index in [1.54, 1.807) is 4.90 Å². The van der Waals surface area contributed by atoms with Crippen LogP contribution in [0.15, 0.2) is 0 Å². The molecule has 0 bridgehead atoms. The van der Waals surface area contributed by atoms with Crippen LogP contribution in [-0.2, 0) is 14.3 Å². The van der Waals surface area contributed by atoms with Gasteiger partial charge in [-0.2, -0.15) is 0 Å². The molecule has 1 N–H and O–H groups in total. The van der Waals surface area contributed by atoms with Gasteiger partial charge in [-0.25, -0.2) is 0 Å². The molecule has 1 atom stereocenters. The summed E-state index contributed by atoms with van der Waals surface area (Å²) >= 11 is 0. The van der Waals surface area contributed by atoms with Crippen molar-refractivity contribution in [2.45, 2.75) is 38.8 Å². The first-order valence-corrected chi connectivity index (χ1v) is 6.35. The largest absolute Gasteiger partial charge is 0.396 e. The van der Waals surface area contributed by atoms with Gasteiger partial charge >= 0.3 is 0 Å². The summed E-state index contributed by atoms with van der Waals surface area (Å²) in [4.78, 5) is 13.2. The van der Waals surface area contributed by atoms with Crippen molar-refractivity contribution in [3.05, 3.63) is 0 Å². The maximum atomic E-state index is 11.4. The second-order valence-corrected chi connectivity index (χ2v) is 4.20. The fourth-order valence-corrected chi connectivity index (χ4v) is 1.83. The minimum Gasteiger partial charge on any atom is -0.396 e. The summed E-state index contributed by atoms with van der Waals surface area (Å²) in [6, 6.07) is 0. The molecule has 1 heterocycles. The van der Waals surface area contributed by atoms with Gasteiger partial charge in [-0.1, -0.05) is 0 Å². The molecule has 1 aliphatic heterocycles. The van der Waals surface area contributed by atoms with E-state index < -0.39 is 0 Å². The minimum absolute atomic E-state index is 0.123. The monoisotopic (exact) mass is 245 g/mol. The topological polar surface area (TPSA) is 59.0 Å². The zero-order valence-electron chi connectivity index (χ0n) is 10.6. The predicted octanol–water partition coefficient (Wildman–Crippen LogP) is 0.760. The van der Waals surface area contributed by atoms with Crippen molar-refractivity contribution < 1.29 is 19.4 Å². The second kappa shape index (κ2) is 8.44. The van der Waals surface area contributed by atoms with Gasteiger partial charge in [-0.05, 0) is 26.2 Å². The Bertz CT molecular complexity index is 223. The molecule has 5 nitrogen and oxygen atoms in total. The van der Waals surface area contributed by atoms with E-state index in [4.69, 9.17) is 14.6 Å². The highest BCUT2D eigenvalue weighted by atomic mass is 16.5. The first kappa shape index (κ1) is 14.4. The lowest BCUT2D eigenvalue weighted by molar-refractivity contribution is -0.139. The Morgan fingerprint density at radius 3 is 2.76 bits per heavy atom. The summed E-state index contributed by atoms with van der Waals surface area (Å²) in [5.41, 5.74) is 0. The summed E-state index contributed by atoms with van der Waals surface area (Å²) in [6.07, 6.45) is 2.97. The number of aliphatic hydroxyl groups is 1. The van der Waals surface area contributed by atoms with Crippen molar-refractivity contribution in [1.29, 1.82) is 0 Å². The number of aliphatic hydroxyl groups excluding tert-OH is 1. The van der Waals surface area contributed by atoms with E-state index in [0.717, 1.165) is 19.4 Å². The summed E-state index contributed by atoms with van der Waals surface area (Å²) in [7, 11) is 0. The molecule has 0 radical (unpaired) electrons. The van der Waals surface area contributed by atoms with Crippen LogP contribution in [0.3, 0.4) is 0 Å². The number of carbonyl (C=O) groups excluding carboxylic acids is 1. The molecule has 1 rings (SSSR count). The van der Waals surface area contributed by atoms with Crippen LogP contribution in [0.25, 0.3) is 0 Å². The molecule has 0 aliphatic carbocycles. The Kier molecular flexibility index (Phi) is 7.16. The summed E-state index contributed by atoms with van der Waals surface area (Å²) in [5.74, 6) is 0.191. The Hall–Kier alpha value is -0.650. The maximum absolute atomic E-state index is 11.4. The quantitative estimate of drug-likeness (QED) is 0.609. The zero-order valence-corrected chi connectivity index (χ0v) is 10.6. The average molecular weight is 245 g/mol. The Labute approximate surface area is 103 Å². The van der Waals surface area contributed by atoms with E-state index in [-0.39, 0.29) is 18.7 Å².